The monoisotopic (exact) mass is 519 g/mol. The maximum Gasteiger partial charge on any atom is 0.161 e. The lowest BCUT2D eigenvalue weighted by molar-refractivity contribution is 0.160. The van der Waals surface area contributed by atoms with Crippen molar-refractivity contribution in [3.05, 3.63) is 86.8 Å². The summed E-state index contributed by atoms with van der Waals surface area (Å²) in [5.74, 6) is 1.24. The Balaban J connectivity index is 1.85. The molecule has 2 atom stereocenters. The van der Waals surface area contributed by atoms with Crippen LogP contribution >= 0.6 is 31.9 Å². The van der Waals surface area contributed by atoms with Gasteiger partial charge in [-0.3, -0.25) is 0 Å². The van der Waals surface area contributed by atoms with E-state index in [1.165, 1.54) is 0 Å². The minimum Gasteiger partial charge on any atom is -0.493 e. The molecule has 0 aliphatic rings. The number of rotatable bonds is 8. The van der Waals surface area contributed by atoms with Crippen LogP contribution in [0, 0.1) is 0 Å². The van der Waals surface area contributed by atoms with E-state index in [1.807, 2.05) is 54.6 Å². The van der Waals surface area contributed by atoms with E-state index in [2.05, 4.69) is 49.3 Å². The first-order valence-electron chi connectivity index (χ1n) is 9.17. The standard InChI is InChI=1S/C23H23Br2NO3/c1-28-22-12-5-16(13-23(22)29-2)21(27)14-20(15-3-6-17(24)7-4-15)26-19-10-8-18(25)9-11-19/h3-13,20-21,26-27H,14H2,1-2H3. The van der Waals surface area contributed by atoms with Crippen molar-refractivity contribution in [1.29, 1.82) is 0 Å². The second-order valence-electron chi connectivity index (χ2n) is 6.62. The van der Waals surface area contributed by atoms with Gasteiger partial charge in [0.1, 0.15) is 0 Å². The molecule has 0 radical (unpaired) electrons. The molecule has 0 bridgehead atoms. The van der Waals surface area contributed by atoms with Gasteiger partial charge in [0.15, 0.2) is 11.5 Å². The van der Waals surface area contributed by atoms with Crippen molar-refractivity contribution < 1.29 is 14.6 Å². The van der Waals surface area contributed by atoms with E-state index < -0.39 is 6.10 Å². The minimum absolute atomic E-state index is 0.0765. The molecule has 0 amide bonds. The third-order valence-corrected chi connectivity index (χ3v) is 5.77. The van der Waals surface area contributed by atoms with Crippen molar-refractivity contribution in [3.8, 4) is 11.5 Å². The smallest absolute Gasteiger partial charge is 0.161 e. The molecule has 4 nitrogen and oxygen atoms in total. The summed E-state index contributed by atoms with van der Waals surface area (Å²) >= 11 is 6.95. The molecule has 0 aliphatic heterocycles. The summed E-state index contributed by atoms with van der Waals surface area (Å²) < 4.78 is 12.7. The first-order chi connectivity index (χ1) is 14.0. The number of hydrogen-bond donors (Lipinski definition) is 2. The highest BCUT2D eigenvalue weighted by molar-refractivity contribution is 9.10. The van der Waals surface area contributed by atoms with Gasteiger partial charge in [0.25, 0.3) is 0 Å². The Morgan fingerprint density at radius 2 is 1.34 bits per heavy atom. The second kappa shape index (κ2) is 10.1. The van der Waals surface area contributed by atoms with E-state index >= 15 is 0 Å². The zero-order valence-corrected chi connectivity index (χ0v) is 19.4. The first kappa shape index (κ1) is 21.7. The zero-order valence-electron chi connectivity index (χ0n) is 16.2. The maximum absolute atomic E-state index is 11.0. The Labute approximate surface area is 188 Å². The molecule has 152 valence electrons. The molecule has 29 heavy (non-hydrogen) atoms. The van der Waals surface area contributed by atoms with Crippen molar-refractivity contribution in [2.45, 2.75) is 18.6 Å². The average Bonchev–Trinajstić information content (AvgIpc) is 2.74. The number of aliphatic hydroxyl groups is 1. The van der Waals surface area contributed by atoms with E-state index in [9.17, 15) is 5.11 Å². The SMILES string of the molecule is COc1ccc(C(O)CC(Nc2ccc(Br)cc2)c2ccc(Br)cc2)cc1OC. The van der Waals surface area contributed by atoms with Gasteiger partial charge in [0, 0.05) is 21.1 Å². The van der Waals surface area contributed by atoms with Gasteiger partial charge in [-0.1, -0.05) is 50.1 Å². The van der Waals surface area contributed by atoms with Gasteiger partial charge < -0.3 is 19.9 Å². The van der Waals surface area contributed by atoms with Crippen LogP contribution in [0.2, 0.25) is 0 Å². The van der Waals surface area contributed by atoms with Gasteiger partial charge in [-0.15, -0.1) is 0 Å². The van der Waals surface area contributed by atoms with Crippen LogP contribution in [0.5, 0.6) is 11.5 Å². The summed E-state index contributed by atoms with van der Waals surface area (Å²) in [6.45, 7) is 0. The van der Waals surface area contributed by atoms with Crippen molar-refractivity contribution in [2.24, 2.45) is 0 Å². The van der Waals surface area contributed by atoms with Gasteiger partial charge in [-0.05, 0) is 59.7 Å². The van der Waals surface area contributed by atoms with Crippen molar-refractivity contribution in [1.82, 2.24) is 0 Å². The molecule has 0 heterocycles. The molecule has 3 aromatic carbocycles. The molecule has 0 saturated carbocycles. The molecule has 0 aromatic heterocycles. The second-order valence-corrected chi connectivity index (χ2v) is 8.45. The Hall–Kier alpha value is -2.02. The van der Waals surface area contributed by atoms with Crippen LogP contribution in [-0.4, -0.2) is 19.3 Å². The van der Waals surface area contributed by atoms with E-state index in [1.54, 1.807) is 14.2 Å². The summed E-state index contributed by atoms with van der Waals surface area (Å²) in [5.41, 5.74) is 2.86. The zero-order chi connectivity index (χ0) is 20.8. The number of nitrogens with one attached hydrogen (secondary N) is 1. The van der Waals surface area contributed by atoms with E-state index in [0.29, 0.717) is 17.9 Å². The minimum atomic E-state index is -0.675. The van der Waals surface area contributed by atoms with Crippen LogP contribution in [0.25, 0.3) is 0 Å². The molecule has 0 fully saturated rings. The quantitative estimate of drug-likeness (QED) is 0.355. The van der Waals surface area contributed by atoms with E-state index in [0.717, 1.165) is 25.8 Å². The number of benzene rings is 3. The van der Waals surface area contributed by atoms with Crippen LogP contribution in [-0.2, 0) is 0 Å². The van der Waals surface area contributed by atoms with Crippen molar-refractivity contribution in [3.63, 3.8) is 0 Å². The van der Waals surface area contributed by atoms with Gasteiger partial charge in [0.05, 0.1) is 26.4 Å². The van der Waals surface area contributed by atoms with E-state index in [4.69, 9.17) is 9.47 Å². The van der Waals surface area contributed by atoms with Crippen LogP contribution in [0.15, 0.2) is 75.7 Å². The summed E-state index contributed by atoms with van der Waals surface area (Å²) in [6.07, 6.45) is -0.181. The largest absolute Gasteiger partial charge is 0.493 e. The molecular formula is C23H23Br2NO3. The number of methoxy groups -OCH3 is 2. The predicted molar refractivity (Wildman–Crippen MR) is 124 cm³/mol. The van der Waals surface area contributed by atoms with Gasteiger partial charge >= 0.3 is 0 Å². The molecular weight excluding hydrogens is 498 g/mol. The predicted octanol–water partition coefficient (Wildman–Crippen LogP) is 6.51. The molecule has 2 N–H and O–H groups in total. The summed E-state index contributed by atoms with van der Waals surface area (Å²) in [5, 5.41) is 14.5. The van der Waals surface area contributed by atoms with Gasteiger partial charge in [-0.25, -0.2) is 0 Å². The highest BCUT2D eigenvalue weighted by Crippen LogP contribution is 2.35. The lowest BCUT2D eigenvalue weighted by Gasteiger charge is -2.24. The number of aliphatic hydroxyl groups excluding tert-OH is 1. The van der Waals surface area contributed by atoms with E-state index in [-0.39, 0.29) is 6.04 Å². The van der Waals surface area contributed by atoms with Gasteiger partial charge in [-0.2, -0.15) is 0 Å². The highest BCUT2D eigenvalue weighted by atomic mass is 79.9. The fourth-order valence-corrected chi connectivity index (χ4v) is 3.67. The molecule has 2 unspecified atom stereocenters. The number of anilines is 1. The third kappa shape index (κ3) is 5.75. The average molecular weight is 521 g/mol. The third-order valence-electron chi connectivity index (χ3n) is 4.71. The number of halogens is 2. The summed E-state index contributed by atoms with van der Waals surface area (Å²) in [4.78, 5) is 0. The Kier molecular flexibility index (Phi) is 7.58. The van der Waals surface area contributed by atoms with Crippen molar-refractivity contribution in [2.75, 3.05) is 19.5 Å². The lowest BCUT2D eigenvalue weighted by Crippen LogP contribution is -2.15. The normalized spacial score (nSPS) is 12.9. The van der Waals surface area contributed by atoms with Crippen LogP contribution in [0.3, 0.4) is 0 Å². The highest BCUT2D eigenvalue weighted by Gasteiger charge is 2.19. The molecule has 6 heteroatoms. The van der Waals surface area contributed by atoms with Crippen LogP contribution < -0.4 is 14.8 Å². The molecule has 0 spiro atoms. The maximum atomic E-state index is 11.0. The summed E-state index contributed by atoms with van der Waals surface area (Å²) in [6, 6.07) is 21.6. The summed E-state index contributed by atoms with van der Waals surface area (Å²) in [7, 11) is 3.19. The Morgan fingerprint density at radius 3 is 1.93 bits per heavy atom. The first-order valence-corrected chi connectivity index (χ1v) is 10.8. The Morgan fingerprint density at radius 1 is 0.793 bits per heavy atom. The molecule has 3 rings (SSSR count). The van der Waals surface area contributed by atoms with Crippen LogP contribution in [0.1, 0.15) is 29.7 Å². The van der Waals surface area contributed by atoms with Gasteiger partial charge in [0.2, 0.25) is 0 Å². The number of hydrogen-bond acceptors (Lipinski definition) is 4. The fourth-order valence-electron chi connectivity index (χ4n) is 3.14. The van der Waals surface area contributed by atoms with Crippen LogP contribution in [0.4, 0.5) is 5.69 Å². The molecule has 0 aliphatic carbocycles. The Bertz CT molecular complexity index is 930. The number of ether oxygens (including phenoxy) is 2. The fraction of sp³-hybridized carbons (Fsp3) is 0.217. The lowest BCUT2D eigenvalue weighted by atomic mass is 9.96. The molecule has 0 saturated heterocycles. The molecule has 3 aromatic rings. The topological polar surface area (TPSA) is 50.7 Å². The van der Waals surface area contributed by atoms with Crippen molar-refractivity contribution >= 4 is 37.5 Å².